The molecule has 1 aromatic heterocycles. The summed E-state index contributed by atoms with van der Waals surface area (Å²) in [5, 5.41) is 0. The number of rotatable bonds is 6. The number of hydrogen-bond acceptors (Lipinski definition) is 7. The van der Waals surface area contributed by atoms with Gasteiger partial charge in [-0.25, -0.2) is 9.78 Å². The number of carbonyl (C=O) groups is 2. The van der Waals surface area contributed by atoms with Crippen LogP contribution >= 0.6 is 0 Å². The van der Waals surface area contributed by atoms with E-state index in [-0.39, 0.29) is 24.1 Å². The van der Waals surface area contributed by atoms with Crippen molar-refractivity contribution >= 4 is 12.0 Å². The molecule has 3 aliphatic heterocycles. The fourth-order valence-corrected chi connectivity index (χ4v) is 4.06. The fraction of sp³-hybridized carbons (Fsp3) is 0.722. The summed E-state index contributed by atoms with van der Waals surface area (Å²) >= 11 is 0. The second kappa shape index (κ2) is 7.85. The normalized spacial score (nSPS) is 25.7. The van der Waals surface area contributed by atoms with Crippen LogP contribution < -0.4 is 0 Å². The summed E-state index contributed by atoms with van der Waals surface area (Å²) in [6, 6.07) is -0.0804. The monoisotopic (exact) mass is 378 g/mol. The lowest BCUT2D eigenvalue weighted by Crippen LogP contribution is -2.42. The Bertz CT molecular complexity index is 687. The molecule has 0 aromatic carbocycles. The van der Waals surface area contributed by atoms with E-state index in [1.165, 1.54) is 6.39 Å². The van der Waals surface area contributed by atoms with E-state index in [4.69, 9.17) is 13.9 Å². The maximum Gasteiger partial charge on any atom is 0.410 e. The number of nitrogens with zero attached hydrogens (tertiary/aromatic N) is 4. The minimum absolute atomic E-state index is 0.0804. The van der Waals surface area contributed by atoms with Gasteiger partial charge in [-0.3, -0.25) is 14.6 Å². The average molecular weight is 378 g/mol. The van der Waals surface area contributed by atoms with Crippen LogP contribution in [-0.2, 0) is 15.9 Å². The Morgan fingerprint density at radius 2 is 2.07 bits per heavy atom. The van der Waals surface area contributed by atoms with Gasteiger partial charge < -0.3 is 18.8 Å². The SMILES string of the molecule is CCc1ocnc1C(=O)N1C[C@H]2OC(=O)N(CCCN3CCOCC3)[C@H]2C1. The summed E-state index contributed by atoms with van der Waals surface area (Å²) in [6.07, 6.45) is 2.28. The minimum atomic E-state index is -0.269. The highest BCUT2D eigenvalue weighted by Crippen LogP contribution is 2.28. The molecule has 27 heavy (non-hydrogen) atoms. The lowest BCUT2D eigenvalue weighted by molar-refractivity contribution is 0.0362. The standard InChI is InChI=1S/C18H26N4O5/c1-2-14-16(19-12-26-14)17(23)21-10-13-15(11-21)27-18(24)22(13)5-3-4-20-6-8-25-9-7-20/h12-13,15H,2-11H2,1H3/t13-,15+/m0/s1. The van der Waals surface area contributed by atoms with Gasteiger partial charge in [0.25, 0.3) is 5.91 Å². The van der Waals surface area contributed by atoms with Crippen LogP contribution in [0.3, 0.4) is 0 Å². The summed E-state index contributed by atoms with van der Waals surface area (Å²) in [7, 11) is 0. The lowest BCUT2D eigenvalue weighted by Gasteiger charge is -2.28. The quantitative estimate of drug-likeness (QED) is 0.716. The third kappa shape index (κ3) is 3.66. The van der Waals surface area contributed by atoms with E-state index in [0.717, 1.165) is 39.3 Å². The second-order valence-corrected chi connectivity index (χ2v) is 7.18. The van der Waals surface area contributed by atoms with Crippen LogP contribution in [0.15, 0.2) is 10.8 Å². The second-order valence-electron chi connectivity index (χ2n) is 7.18. The lowest BCUT2D eigenvalue weighted by atomic mass is 10.2. The molecule has 3 aliphatic rings. The molecule has 1 aromatic rings. The Kier molecular flexibility index (Phi) is 5.31. The summed E-state index contributed by atoms with van der Waals surface area (Å²) in [4.78, 5) is 34.9. The smallest absolute Gasteiger partial charge is 0.410 e. The Morgan fingerprint density at radius 1 is 1.26 bits per heavy atom. The van der Waals surface area contributed by atoms with Gasteiger partial charge in [0.1, 0.15) is 11.9 Å². The molecule has 0 spiro atoms. The van der Waals surface area contributed by atoms with Crippen molar-refractivity contribution in [2.24, 2.45) is 0 Å². The summed E-state index contributed by atoms with van der Waals surface area (Å²) in [6.45, 7) is 7.81. The van der Waals surface area contributed by atoms with Gasteiger partial charge in [0.05, 0.1) is 25.8 Å². The number of aryl methyl sites for hydroxylation is 1. The van der Waals surface area contributed by atoms with Gasteiger partial charge in [-0.15, -0.1) is 0 Å². The van der Waals surface area contributed by atoms with Crippen molar-refractivity contribution in [1.29, 1.82) is 0 Å². The van der Waals surface area contributed by atoms with E-state index in [2.05, 4.69) is 9.88 Å². The van der Waals surface area contributed by atoms with Crippen LogP contribution in [-0.4, -0.2) is 96.3 Å². The van der Waals surface area contributed by atoms with Gasteiger partial charge in [0.2, 0.25) is 0 Å². The predicted molar refractivity (Wildman–Crippen MR) is 94.4 cm³/mol. The van der Waals surface area contributed by atoms with E-state index < -0.39 is 0 Å². The fourth-order valence-electron chi connectivity index (χ4n) is 4.06. The van der Waals surface area contributed by atoms with Crippen LogP contribution in [0.5, 0.6) is 0 Å². The molecule has 0 N–H and O–H groups in total. The number of hydrogen-bond donors (Lipinski definition) is 0. The van der Waals surface area contributed by atoms with Crippen molar-refractivity contribution in [3.8, 4) is 0 Å². The van der Waals surface area contributed by atoms with Crippen molar-refractivity contribution in [2.75, 3.05) is 52.5 Å². The molecule has 2 amide bonds. The zero-order valence-electron chi connectivity index (χ0n) is 15.6. The molecule has 0 unspecified atom stereocenters. The summed E-state index contributed by atoms with van der Waals surface area (Å²) in [5.74, 6) is 0.440. The summed E-state index contributed by atoms with van der Waals surface area (Å²) < 4.78 is 16.1. The first kappa shape index (κ1) is 18.2. The molecule has 0 bridgehead atoms. The number of amides is 2. The number of likely N-dealkylation sites (tertiary alicyclic amines) is 1. The predicted octanol–water partition coefficient (Wildman–Crippen LogP) is 0.605. The summed E-state index contributed by atoms with van der Waals surface area (Å²) in [5.41, 5.74) is 0.364. The largest absolute Gasteiger partial charge is 0.448 e. The maximum absolute atomic E-state index is 12.8. The highest BCUT2D eigenvalue weighted by molar-refractivity contribution is 5.93. The van der Waals surface area contributed by atoms with Crippen molar-refractivity contribution in [2.45, 2.75) is 31.9 Å². The van der Waals surface area contributed by atoms with Crippen LogP contribution in [0, 0.1) is 0 Å². The van der Waals surface area contributed by atoms with Crippen LogP contribution in [0.1, 0.15) is 29.6 Å². The third-order valence-corrected chi connectivity index (χ3v) is 5.55. The zero-order valence-corrected chi connectivity index (χ0v) is 15.6. The van der Waals surface area contributed by atoms with Crippen LogP contribution in [0.2, 0.25) is 0 Å². The third-order valence-electron chi connectivity index (χ3n) is 5.55. The van der Waals surface area contributed by atoms with Crippen LogP contribution in [0.4, 0.5) is 4.79 Å². The molecule has 2 atom stereocenters. The van der Waals surface area contributed by atoms with E-state index in [1.807, 2.05) is 6.92 Å². The highest BCUT2D eigenvalue weighted by atomic mass is 16.6. The molecule has 4 heterocycles. The van der Waals surface area contributed by atoms with E-state index in [1.54, 1.807) is 9.80 Å². The van der Waals surface area contributed by atoms with Crippen molar-refractivity contribution in [3.63, 3.8) is 0 Å². The Morgan fingerprint density at radius 3 is 2.85 bits per heavy atom. The Balaban J connectivity index is 1.33. The molecule has 148 valence electrons. The molecule has 9 heteroatoms. The molecule has 0 saturated carbocycles. The molecule has 3 fully saturated rings. The average Bonchev–Trinajstić information content (AvgIpc) is 3.38. The Labute approximate surface area is 158 Å². The van der Waals surface area contributed by atoms with Gasteiger partial charge in [-0.05, 0) is 6.42 Å². The number of oxazole rings is 1. The molecule has 0 radical (unpaired) electrons. The minimum Gasteiger partial charge on any atom is -0.448 e. The topological polar surface area (TPSA) is 88.4 Å². The number of carbonyl (C=O) groups excluding carboxylic acids is 2. The van der Waals surface area contributed by atoms with Gasteiger partial charge in [0, 0.05) is 39.1 Å². The van der Waals surface area contributed by atoms with Crippen molar-refractivity contribution < 1.29 is 23.5 Å². The molecular formula is C18H26N4O5. The van der Waals surface area contributed by atoms with Crippen LogP contribution in [0.25, 0.3) is 0 Å². The Hall–Kier alpha value is -2.13. The first-order valence-corrected chi connectivity index (χ1v) is 9.66. The van der Waals surface area contributed by atoms with Crippen molar-refractivity contribution in [1.82, 2.24) is 19.7 Å². The first-order chi connectivity index (χ1) is 13.2. The van der Waals surface area contributed by atoms with E-state index in [0.29, 0.717) is 37.5 Å². The number of morpholine rings is 1. The van der Waals surface area contributed by atoms with E-state index in [9.17, 15) is 9.59 Å². The first-order valence-electron chi connectivity index (χ1n) is 9.66. The number of aromatic nitrogens is 1. The zero-order chi connectivity index (χ0) is 18.8. The molecule has 3 saturated heterocycles. The number of fused-ring (bicyclic) bond motifs is 1. The van der Waals surface area contributed by atoms with E-state index >= 15 is 0 Å². The van der Waals surface area contributed by atoms with Gasteiger partial charge in [-0.2, -0.15) is 0 Å². The van der Waals surface area contributed by atoms with Gasteiger partial charge >= 0.3 is 6.09 Å². The molecule has 9 nitrogen and oxygen atoms in total. The van der Waals surface area contributed by atoms with Gasteiger partial charge in [-0.1, -0.05) is 6.92 Å². The van der Waals surface area contributed by atoms with Crippen molar-refractivity contribution in [3.05, 3.63) is 17.8 Å². The molecule has 0 aliphatic carbocycles. The number of ether oxygens (including phenoxy) is 2. The highest BCUT2D eigenvalue weighted by Gasteiger charge is 2.49. The maximum atomic E-state index is 12.8. The van der Waals surface area contributed by atoms with Gasteiger partial charge in [0.15, 0.2) is 12.1 Å². The molecular weight excluding hydrogens is 352 g/mol. The molecule has 4 rings (SSSR count).